The molecule has 0 aromatic heterocycles. The molecular weight excluding hydrogens is 308 g/mol. The Labute approximate surface area is 120 Å². The van der Waals surface area contributed by atoms with E-state index in [2.05, 4.69) is 15.9 Å². The number of rotatable bonds is 5. The zero-order valence-electron chi connectivity index (χ0n) is 10.4. The first-order valence-corrected chi connectivity index (χ1v) is 6.53. The fourth-order valence-electron chi connectivity index (χ4n) is 1.65. The van der Waals surface area contributed by atoms with Gasteiger partial charge < -0.3 is 9.47 Å². The Kier molecular flexibility index (Phi) is 4.58. The van der Waals surface area contributed by atoms with Crippen LogP contribution >= 0.6 is 15.9 Å². The van der Waals surface area contributed by atoms with Crippen LogP contribution in [-0.2, 0) is 6.61 Å². The lowest BCUT2D eigenvalue weighted by atomic mass is 10.2. The molecule has 0 amide bonds. The van der Waals surface area contributed by atoms with Crippen LogP contribution in [0.15, 0.2) is 46.9 Å². The van der Waals surface area contributed by atoms with E-state index in [1.807, 2.05) is 24.3 Å². The molecule has 0 aliphatic rings. The predicted molar refractivity (Wildman–Crippen MR) is 76.9 cm³/mol. The van der Waals surface area contributed by atoms with Crippen molar-refractivity contribution in [3.05, 3.63) is 58.1 Å². The zero-order chi connectivity index (χ0) is 13.7. The summed E-state index contributed by atoms with van der Waals surface area (Å²) in [5, 5.41) is 0. The van der Waals surface area contributed by atoms with Crippen molar-refractivity contribution in [2.45, 2.75) is 6.61 Å². The summed E-state index contributed by atoms with van der Waals surface area (Å²) < 4.78 is 11.8. The fourth-order valence-corrected chi connectivity index (χ4v) is 2.01. The molecule has 0 aliphatic carbocycles. The van der Waals surface area contributed by atoms with Crippen molar-refractivity contribution in [3.63, 3.8) is 0 Å². The molecule has 0 unspecified atom stereocenters. The van der Waals surface area contributed by atoms with Gasteiger partial charge in [0.15, 0.2) is 6.29 Å². The van der Waals surface area contributed by atoms with Crippen LogP contribution in [0.4, 0.5) is 0 Å². The van der Waals surface area contributed by atoms with Gasteiger partial charge in [-0.05, 0) is 30.3 Å². The highest BCUT2D eigenvalue weighted by Crippen LogP contribution is 2.25. The zero-order valence-corrected chi connectivity index (χ0v) is 12.0. The van der Waals surface area contributed by atoms with Crippen molar-refractivity contribution in [2.75, 3.05) is 7.11 Å². The quantitative estimate of drug-likeness (QED) is 0.785. The van der Waals surface area contributed by atoms with E-state index >= 15 is 0 Å². The number of halogens is 1. The maximum Gasteiger partial charge on any atom is 0.153 e. The summed E-state index contributed by atoms with van der Waals surface area (Å²) in [6.45, 7) is 0.364. The molecule has 0 radical (unpaired) electrons. The van der Waals surface area contributed by atoms with E-state index in [1.165, 1.54) is 0 Å². The molecule has 19 heavy (non-hydrogen) atoms. The summed E-state index contributed by atoms with van der Waals surface area (Å²) >= 11 is 3.46. The molecule has 0 fully saturated rings. The lowest BCUT2D eigenvalue weighted by molar-refractivity contribution is 0.111. The second-order valence-electron chi connectivity index (χ2n) is 3.90. The predicted octanol–water partition coefficient (Wildman–Crippen LogP) is 3.85. The topological polar surface area (TPSA) is 35.5 Å². The van der Waals surface area contributed by atoms with E-state index in [1.54, 1.807) is 25.3 Å². The largest absolute Gasteiger partial charge is 0.497 e. The van der Waals surface area contributed by atoms with Crippen molar-refractivity contribution < 1.29 is 14.3 Å². The van der Waals surface area contributed by atoms with Crippen LogP contribution in [0.2, 0.25) is 0 Å². The molecule has 3 nitrogen and oxygen atoms in total. The molecule has 2 aromatic carbocycles. The monoisotopic (exact) mass is 320 g/mol. The minimum absolute atomic E-state index is 0.364. The Morgan fingerprint density at radius 1 is 1.21 bits per heavy atom. The second kappa shape index (κ2) is 6.38. The average Bonchev–Trinajstić information content (AvgIpc) is 2.46. The van der Waals surface area contributed by atoms with Crippen molar-refractivity contribution in [3.8, 4) is 11.5 Å². The highest BCUT2D eigenvalue weighted by Gasteiger charge is 2.06. The van der Waals surface area contributed by atoms with E-state index in [-0.39, 0.29) is 0 Å². The number of hydrogen-bond donors (Lipinski definition) is 0. The van der Waals surface area contributed by atoms with Crippen LogP contribution in [0, 0.1) is 0 Å². The fraction of sp³-hybridized carbons (Fsp3) is 0.133. The summed E-state index contributed by atoms with van der Waals surface area (Å²) in [4.78, 5) is 10.9. The van der Waals surface area contributed by atoms with Crippen LogP contribution in [0.5, 0.6) is 11.5 Å². The van der Waals surface area contributed by atoms with Gasteiger partial charge in [-0.2, -0.15) is 0 Å². The Morgan fingerprint density at radius 2 is 2.00 bits per heavy atom. The van der Waals surface area contributed by atoms with Crippen LogP contribution in [0.3, 0.4) is 0 Å². The average molecular weight is 321 g/mol. The normalized spacial score (nSPS) is 10.0. The molecule has 98 valence electrons. The van der Waals surface area contributed by atoms with Crippen LogP contribution in [0.25, 0.3) is 0 Å². The van der Waals surface area contributed by atoms with Crippen molar-refractivity contribution >= 4 is 22.2 Å². The number of benzene rings is 2. The summed E-state index contributed by atoms with van der Waals surface area (Å²) in [5.74, 6) is 1.35. The number of ether oxygens (including phenoxy) is 2. The number of carbonyl (C=O) groups excluding carboxylic acids is 1. The van der Waals surface area contributed by atoms with E-state index in [0.29, 0.717) is 17.9 Å². The van der Waals surface area contributed by atoms with Gasteiger partial charge in [0.05, 0.1) is 12.7 Å². The van der Waals surface area contributed by atoms with Crippen molar-refractivity contribution in [2.24, 2.45) is 0 Å². The van der Waals surface area contributed by atoms with E-state index in [0.717, 1.165) is 22.1 Å². The van der Waals surface area contributed by atoms with Gasteiger partial charge in [-0.25, -0.2) is 0 Å². The molecule has 0 spiro atoms. The maximum absolute atomic E-state index is 10.9. The smallest absolute Gasteiger partial charge is 0.153 e. The number of methoxy groups -OCH3 is 1. The molecule has 0 bridgehead atoms. The highest BCUT2D eigenvalue weighted by molar-refractivity contribution is 9.10. The summed E-state index contributed by atoms with van der Waals surface area (Å²) in [6.07, 6.45) is 0.788. The molecule has 0 atom stereocenters. The van der Waals surface area contributed by atoms with Crippen molar-refractivity contribution in [1.29, 1.82) is 0 Å². The molecule has 0 aliphatic heterocycles. The highest BCUT2D eigenvalue weighted by atomic mass is 79.9. The van der Waals surface area contributed by atoms with Gasteiger partial charge in [0.1, 0.15) is 18.1 Å². The van der Waals surface area contributed by atoms with Gasteiger partial charge in [-0.3, -0.25) is 4.79 Å². The van der Waals surface area contributed by atoms with Gasteiger partial charge in [0.2, 0.25) is 0 Å². The third-order valence-corrected chi connectivity index (χ3v) is 3.46. The van der Waals surface area contributed by atoms with E-state index < -0.39 is 0 Å². The lowest BCUT2D eigenvalue weighted by Gasteiger charge is -2.10. The van der Waals surface area contributed by atoms with Crippen molar-refractivity contribution in [1.82, 2.24) is 0 Å². The van der Waals surface area contributed by atoms with Gasteiger partial charge >= 0.3 is 0 Å². The Bertz CT molecular complexity index is 581. The Balaban J connectivity index is 2.16. The van der Waals surface area contributed by atoms with Crippen LogP contribution in [0.1, 0.15) is 15.9 Å². The third-order valence-electron chi connectivity index (χ3n) is 2.68. The van der Waals surface area contributed by atoms with E-state index in [4.69, 9.17) is 9.47 Å². The first-order valence-electron chi connectivity index (χ1n) is 5.74. The molecule has 2 rings (SSSR count). The number of hydrogen-bond acceptors (Lipinski definition) is 3. The van der Waals surface area contributed by atoms with Gasteiger partial charge in [-0.1, -0.05) is 28.1 Å². The molecule has 4 heteroatoms. The summed E-state index contributed by atoms with van der Waals surface area (Å²) in [6, 6.07) is 12.8. The maximum atomic E-state index is 10.9. The number of carbonyl (C=O) groups is 1. The molecule has 0 saturated heterocycles. The molecule has 0 heterocycles. The van der Waals surface area contributed by atoms with Crippen LogP contribution < -0.4 is 9.47 Å². The van der Waals surface area contributed by atoms with Gasteiger partial charge in [0, 0.05) is 10.0 Å². The SMILES string of the molecule is COc1ccc(Br)c(COc2ccccc2C=O)c1. The minimum Gasteiger partial charge on any atom is -0.497 e. The first-order chi connectivity index (χ1) is 9.24. The summed E-state index contributed by atoms with van der Waals surface area (Å²) in [7, 11) is 1.62. The second-order valence-corrected chi connectivity index (χ2v) is 4.76. The van der Waals surface area contributed by atoms with Gasteiger partial charge in [-0.15, -0.1) is 0 Å². The molecular formula is C15H13BrO3. The molecule has 0 N–H and O–H groups in total. The van der Waals surface area contributed by atoms with Gasteiger partial charge in [0.25, 0.3) is 0 Å². The van der Waals surface area contributed by atoms with Crippen LogP contribution in [-0.4, -0.2) is 13.4 Å². The number of para-hydroxylation sites is 1. The minimum atomic E-state index is 0.364. The van der Waals surface area contributed by atoms with E-state index in [9.17, 15) is 4.79 Å². The molecule has 0 saturated carbocycles. The standard InChI is InChI=1S/C15H13BrO3/c1-18-13-6-7-14(16)12(8-13)10-19-15-5-3-2-4-11(15)9-17/h2-9H,10H2,1H3. The molecule has 2 aromatic rings. The Morgan fingerprint density at radius 3 is 2.74 bits per heavy atom. The third kappa shape index (κ3) is 3.35. The first kappa shape index (κ1) is 13.6. The number of aldehydes is 1. The Hall–Kier alpha value is -1.81. The summed E-state index contributed by atoms with van der Waals surface area (Å²) in [5.41, 5.74) is 1.50. The lowest BCUT2D eigenvalue weighted by Crippen LogP contribution is -1.99.